The maximum atomic E-state index is 11.8. The van der Waals surface area contributed by atoms with Crippen molar-refractivity contribution in [3.05, 3.63) is 28.0 Å². The van der Waals surface area contributed by atoms with Gasteiger partial charge < -0.3 is 10.2 Å². The molecule has 2 rings (SSSR count). The van der Waals surface area contributed by atoms with Crippen LogP contribution in [-0.2, 0) is 9.59 Å². The molecule has 1 aromatic rings. The number of likely N-dealkylation sites (tertiary alicyclic amines) is 1. The lowest BCUT2D eigenvalue weighted by molar-refractivity contribution is -0.129. The summed E-state index contributed by atoms with van der Waals surface area (Å²) in [7, 11) is 0. The zero-order valence-corrected chi connectivity index (χ0v) is 12.7. The molecule has 0 saturated carbocycles. The van der Waals surface area contributed by atoms with E-state index in [-0.39, 0.29) is 17.9 Å². The number of rotatable bonds is 3. The number of carbonyl (C=O) groups excluding carboxylic acids is 2. The fourth-order valence-electron chi connectivity index (χ4n) is 2.29. The van der Waals surface area contributed by atoms with Crippen molar-refractivity contribution >= 4 is 29.2 Å². The second-order valence-corrected chi connectivity index (χ2v) is 6.39. The molecule has 1 N–H and O–H groups in total. The van der Waals surface area contributed by atoms with Crippen LogP contribution in [0.3, 0.4) is 0 Å². The number of hydrogen-bond donors (Lipinski definition) is 1. The first kappa shape index (κ1) is 14.8. The standard InChI is InChI=1S/C15H20N2O2S/c1-11-3-4-14(20-11)5-6-15(19)16-13-7-9-17(10-8-13)12(2)18/h3-6,13H,7-10H2,1-2H3,(H,16,19)/b6-5+. The number of amides is 2. The van der Waals surface area contributed by atoms with E-state index in [4.69, 9.17) is 0 Å². The molecule has 0 atom stereocenters. The van der Waals surface area contributed by atoms with Gasteiger partial charge in [0.2, 0.25) is 11.8 Å². The summed E-state index contributed by atoms with van der Waals surface area (Å²) in [4.78, 5) is 27.2. The Kier molecular flexibility index (Phi) is 4.95. The molecule has 1 aliphatic rings. The number of nitrogens with one attached hydrogen (secondary N) is 1. The predicted molar refractivity (Wildman–Crippen MR) is 81.5 cm³/mol. The van der Waals surface area contributed by atoms with E-state index >= 15 is 0 Å². The van der Waals surface area contributed by atoms with E-state index < -0.39 is 0 Å². The highest BCUT2D eigenvalue weighted by Gasteiger charge is 2.21. The Hall–Kier alpha value is -1.62. The molecular weight excluding hydrogens is 272 g/mol. The Bertz CT molecular complexity index is 514. The minimum absolute atomic E-state index is 0.0580. The van der Waals surface area contributed by atoms with E-state index in [0.717, 1.165) is 30.8 Å². The number of hydrogen-bond acceptors (Lipinski definition) is 3. The summed E-state index contributed by atoms with van der Waals surface area (Å²) in [6.45, 7) is 5.10. The van der Waals surface area contributed by atoms with Crippen molar-refractivity contribution in [3.8, 4) is 0 Å². The van der Waals surface area contributed by atoms with Gasteiger partial charge in [-0.05, 0) is 38.0 Å². The largest absolute Gasteiger partial charge is 0.350 e. The molecule has 1 saturated heterocycles. The fourth-order valence-corrected chi connectivity index (χ4v) is 3.07. The predicted octanol–water partition coefficient (Wildman–Crippen LogP) is 2.20. The van der Waals surface area contributed by atoms with Crippen LogP contribution in [0.4, 0.5) is 0 Å². The average Bonchev–Trinajstić information content (AvgIpc) is 2.83. The van der Waals surface area contributed by atoms with Crippen LogP contribution in [0.15, 0.2) is 18.2 Å². The molecule has 20 heavy (non-hydrogen) atoms. The van der Waals surface area contributed by atoms with Crippen molar-refractivity contribution in [1.82, 2.24) is 10.2 Å². The van der Waals surface area contributed by atoms with Crippen LogP contribution < -0.4 is 5.32 Å². The average molecular weight is 292 g/mol. The molecule has 1 aliphatic heterocycles. The molecule has 0 bridgehead atoms. The Labute approximate surface area is 123 Å². The van der Waals surface area contributed by atoms with Crippen LogP contribution in [-0.4, -0.2) is 35.8 Å². The Morgan fingerprint density at radius 2 is 2.05 bits per heavy atom. The molecule has 0 aliphatic carbocycles. The number of piperidine rings is 1. The molecule has 2 heterocycles. The maximum absolute atomic E-state index is 11.8. The lowest BCUT2D eigenvalue weighted by atomic mass is 10.1. The summed E-state index contributed by atoms with van der Waals surface area (Å²) in [6.07, 6.45) is 5.09. The normalized spacial score (nSPS) is 16.6. The molecule has 0 spiro atoms. The number of carbonyl (C=O) groups is 2. The van der Waals surface area contributed by atoms with Crippen molar-refractivity contribution in [2.75, 3.05) is 13.1 Å². The van der Waals surface area contributed by atoms with Gasteiger partial charge in [0.05, 0.1) is 0 Å². The van der Waals surface area contributed by atoms with Gasteiger partial charge in [-0.1, -0.05) is 0 Å². The Morgan fingerprint density at radius 1 is 1.35 bits per heavy atom. The minimum Gasteiger partial charge on any atom is -0.350 e. The number of thiophene rings is 1. The summed E-state index contributed by atoms with van der Waals surface area (Å²) in [5.74, 6) is 0.0556. The van der Waals surface area contributed by atoms with E-state index in [0.29, 0.717) is 0 Å². The molecule has 108 valence electrons. The number of nitrogens with zero attached hydrogens (tertiary/aromatic N) is 1. The molecule has 1 aromatic heterocycles. The lowest BCUT2D eigenvalue weighted by Gasteiger charge is -2.31. The zero-order valence-electron chi connectivity index (χ0n) is 11.9. The maximum Gasteiger partial charge on any atom is 0.244 e. The van der Waals surface area contributed by atoms with Crippen molar-refractivity contribution in [3.63, 3.8) is 0 Å². The summed E-state index contributed by atoms with van der Waals surface area (Å²) in [6, 6.07) is 4.22. The molecule has 4 nitrogen and oxygen atoms in total. The minimum atomic E-state index is -0.0580. The molecule has 0 unspecified atom stereocenters. The monoisotopic (exact) mass is 292 g/mol. The van der Waals surface area contributed by atoms with Crippen molar-refractivity contribution in [2.45, 2.75) is 32.7 Å². The summed E-state index contributed by atoms with van der Waals surface area (Å²) < 4.78 is 0. The van der Waals surface area contributed by atoms with E-state index in [1.165, 1.54) is 4.88 Å². The van der Waals surface area contributed by atoms with Gasteiger partial charge in [-0.15, -0.1) is 11.3 Å². The second-order valence-electron chi connectivity index (χ2n) is 5.07. The van der Waals surface area contributed by atoms with Crippen LogP contribution in [0, 0.1) is 6.92 Å². The van der Waals surface area contributed by atoms with Crippen LogP contribution in [0.1, 0.15) is 29.5 Å². The van der Waals surface area contributed by atoms with Gasteiger partial charge in [0.1, 0.15) is 0 Å². The highest BCUT2D eigenvalue weighted by Crippen LogP contribution is 2.16. The molecular formula is C15H20N2O2S. The van der Waals surface area contributed by atoms with Crippen LogP contribution in [0.25, 0.3) is 6.08 Å². The van der Waals surface area contributed by atoms with Crippen LogP contribution in [0.2, 0.25) is 0 Å². The Morgan fingerprint density at radius 3 is 2.60 bits per heavy atom. The van der Waals surface area contributed by atoms with Gasteiger partial charge in [-0.2, -0.15) is 0 Å². The first-order chi connectivity index (χ1) is 9.54. The first-order valence-electron chi connectivity index (χ1n) is 6.85. The third-order valence-corrected chi connectivity index (χ3v) is 4.41. The van der Waals surface area contributed by atoms with E-state index in [2.05, 4.69) is 5.32 Å². The quantitative estimate of drug-likeness (QED) is 0.868. The van der Waals surface area contributed by atoms with Crippen LogP contribution in [0.5, 0.6) is 0 Å². The molecule has 0 aromatic carbocycles. The SMILES string of the molecule is CC(=O)N1CCC(NC(=O)/C=C/c2ccc(C)s2)CC1. The second kappa shape index (κ2) is 6.70. The summed E-state index contributed by atoms with van der Waals surface area (Å²) >= 11 is 1.67. The lowest BCUT2D eigenvalue weighted by Crippen LogP contribution is -2.45. The van der Waals surface area contributed by atoms with Gasteiger partial charge in [-0.25, -0.2) is 0 Å². The van der Waals surface area contributed by atoms with Gasteiger partial charge in [0, 0.05) is 41.9 Å². The van der Waals surface area contributed by atoms with E-state index in [1.807, 2.05) is 30.0 Å². The summed E-state index contributed by atoms with van der Waals surface area (Å²) in [5, 5.41) is 3.00. The van der Waals surface area contributed by atoms with E-state index in [1.54, 1.807) is 24.3 Å². The molecule has 5 heteroatoms. The number of aryl methyl sites for hydroxylation is 1. The van der Waals surface area contributed by atoms with Gasteiger partial charge in [0.25, 0.3) is 0 Å². The molecule has 2 amide bonds. The van der Waals surface area contributed by atoms with Crippen molar-refractivity contribution in [1.29, 1.82) is 0 Å². The van der Waals surface area contributed by atoms with Gasteiger partial charge in [0.15, 0.2) is 0 Å². The van der Waals surface area contributed by atoms with Gasteiger partial charge in [-0.3, -0.25) is 9.59 Å². The zero-order chi connectivity index (χ0) is 14.5. The first-order valence-corrected chi connectivity index (χ1v) is 7.67. The smallest absolute Gasteiger partial charge is 0.244 e. The Balaban J connectivity index is 1.78. The highest BCUT2D eigenvalue weighted by atomic mass is 32.1. The van der Waals surface area contributed by atoms with Crippen molar-refractivity contribution < 1.29 is 9.59 Å². The van der Waals surface area contributed by atoms with Crippen LogP contribution >= 0.6 is 11.3 Å². The summed E-state index contributed by atoms with van der Waals surface area (Å²) in [5.41, 5.74) is 0. The van der Waals surface area contributed by atoms with Gasteiger partial charge >= 0.3 is 0 Å². The van der Waals surface area contributed by atoms with E-state index in [9.17, 15) is 9.59 Å². The topological polar surface area (TPSA) is 49.4 Å². The highest BCUT2D eigenvalue weighted by molar-refractivity contribution is 7.12. The fraction of sp³-hybridized carbons (Fsp3) is 0.467. The molecule has 1 fully saturated rings. The molecule has 0 radical (unpaired) electrons. The van der Waals surface area contributed by atoms with Crippen molar-refractivity contribution in [2.24, 2.45) is 0 Å². The third kappa shape index (κ3) is 4.20. The third-order valence-electron chi connectivity index (χ3n) is 3.45.